The minimum atomic E-state index is -0.190. The van der Waals surface area contributed by atoms with Gasteiger partial charge >= 0.3 is 0 Å². The second-order valence-corrected chi connectivity index (χ2v) is 5.91. The Balaban J connectivity index is 1.85. The molecular weight excluding hydrogens is 248 g/mol. The minimum absolute atomic E-state index is 0.190. The molecule has 0 radical (unpaired) electrons. The summed E-state index contributed by atoms with van der Waals surface area (Å²) in [4.78, 5) is 12.5. The lowest BCUT2D eigenvalue weighted by Crippen LogP contribution is -2.50. The van der Waals surface area contributed by atoms with Crippen molar-refractivity contribution in [3.63, 3.8) is 0 Å². The Morgan fingerprint density at radius 3 is 2.95 bits per heavy atom. The SMILES string of the molecule is CCC1(C(=O)NCCc2cccc(C)c2)CCCNC1. The predicted octanol–water partition coefficient (Wildman–Crippen LogP) is 2.43. The van der Waals surface area contributed by atoms with Crippen molar-refractivity contribution in [2.45, 2.75) is 39.5 Å². The number of nitrogens with one attached hydrogen (secondary N) is 2. The van der Waals surface area contributed by atoms with Crippen LogP contribution < -0.4 is 10.6 Å². The highest BCUT2D eigenvalue weighted by molar-refractivity contribution is 5.83. The summed E-state index contributed by atoms with van der Waals surface area (Å²) in [6.07, 6.45) is 3.92. The van der Waals surface area contributed by atoms with Gasteiger partial charge in [-0.15, -0.1) is 0 Å². The fourth-order valence-corrected chi connectivity index (χ4v) is 3.00. The Morgan fingerprint density at radius 2 is 2.30 bits per heavy atom. The van der Waals surface area contributed by atoms with Crippen LogP contribution >= 0.6 is 0 Å². The molecule has 3 nitrogen and oxygen atoms in total. The van der Waals surface area contributed by atoms with E-state index in [1.54, 1.807) is 0 Å². The number of carbonyl (C=O) groups is 1. The smallest absolute Gasteiger partial charge is 0.227 e. The van der Waals surface area contributed by atoms with E-state index in [9.17, 15) is 4.79 Å². The van der Waals surface area contributed by atoms with E-state index in [4.69, 9.17) is 0 Å². The number of benzene rings is 1. The maximum atomic E-state index is 12.5. The van der Waals surface area contributed by atoms with Crippen LogP contribution in [0.5, 0.6) is 0 Å². The van der Waals surface area contributed by atoms with Gasteiger partial charge < -0.3 is 10.6 Å². The van der Waals surface area contributed by atoms with Crippen LogP contribution in [0.15, 0.2) is 24.3 Å². The first-order valence-corrected chi connectivity index (χ1v) is 7.71. The molecule has 1 saturated heterocycles. The summed E-state index contributed by atoms with van der Waals surface area (Å²) in [7, 11) is 0. The number of hydrogen-bond donors (Lipinski definition) is 2. The van der Waals surface area contributed by atoms with Gasteiger partial charge in [-0.25, -0.2) is 0 Å². The molecule has 1 heterocycles. The summed E-state index contributed by atoms with van der Waals surface area (Å²) >= 11 is 0. The Hall–Kier alpha value is -1.35. The number of amides is 1. The number of carbonyl (C=O) groups excluding carboxylic acids is 1. The maximum Gasteiger partial charge on any atom is 0.227 e. The highest BCUT2D eigenvalue weighted by Gasteiger charge is 2.37. The van der Waals surface area contributed by atoms with Crippen LogP contribution in [0, 0.1) is 12.3 Å². The molecule has 1 aliphatic rings. The average Bonchev–Trinajstić information content (AvgIpc) is 2.48. The number of hydrogen-bond acceptors (Lipinski definition) is 2. The van der Waals surface area contributed by atoms with Gasteiger partial charge in [0, 0.05) is 13.1 Å². The molecule has 1 amide bonds. The Kier molecular flexibility index (Phi) is 5.18. The molecular formula is C17H26N2O. The third-order valence-electron chi connectivity index (χ3n) is 4.41. The van der Waals surface area contributed by atoms with Gasteiger partial charge in [0.25, 0.3) is 0 Å². The van der Waals surface area contributed by atoms with Crippen molar-refractivity contribution in [1.82, 2.24) is 10.6 Å². The fourth-order valence-electron chi connectivity index (χ4n) is 3.00. The van der Waals surface area contributed by atoms with Crippen LogP contribution in [0.3, 0.4) is 0 Å². The zero-order chi connectivity index (χ0) is 14.4. The zero-order valence-corrected chi connectivity index (χ0v) is 12.7. The van der Waals surface area contributed by atoms with E-state index < -0.39 is 0 Å². The van der Waals surface area contributed by atoms with E-state index in [2.05, 4.69) is 48.7 Å². The molecule has 2 N–H and O–H groups in total. The van der Waals surface area contributed by atoms with Crippen molar-refractivity contribution in [3.05, 3.63) is 35.4 Å². The van der Waals surface area contributed by atoms with Crippen molar-refractivity contribution in [1.29, 1.82) is 0 Å². The third kappa shape index (κ3) is 3.60. The normalized spacial score (nSPS) is 22.5. The Labute approximate surface area is 122 Å². The summed E-state index contributed by atoms with van der Waals surface area (Å²) in [5, 5.41) is 6.50. The Morgan fingerprint density at radius 1 is 1.45 bits per heavy atom. The van der Waals surface area contributed by atoms with Crippen LogP contribution in [-0.4, -0.2) is 25.5 Å². The molecule has 110 valence electrons. The number of piperidine rings is 1. The molecule has 20 heavy (non-hydrogen) atoms. The first kappa shape index (κ1) is 15.0. The molecule has 0 aromatic heterocycles. The summed E-state index contributed by atoms with van der Waals surface area (Å²) in [6.45, 7) is 6.80. The Bertz CT molecular complexity index is 450. The monoisotopic (exact) mass is 274 g/mol. The van der Waals surface area contributed by atoms with E-state index in [0.717, 1.165) is 45.3 Å². The molecule has 2 rings (SSSR count). The lowest BCUT2D eigenvalue weighted by atomic mass is 9.77. The summed E-state index contributed by atoms with van der Waals surface area (Å²) in [5.41, 5.74) is 2.37. The molecule has 1 atom stereocenters. The van der Waals surface area contributed by atoms with Crippen molar-refractivity contribution in [2.75, 3.05) is 19.6 Å². The lowest BCUT2D eigenvalue weighted by molar-refractivity contribution is -0.132. The van der Waals surface area contributed by atoms with Crippen LogP contribution in [-0.2, 0) is 11.2 Å². The molecule has 1 fully saturated rings. The van der Waals surface area contributed by atoms with Crippen LogP contribution in [0.2, 0.25) is 0 Å². The van der Waals surface area contributed by atoms with E-state index >= 15 is 0 Å². The van der Waals surface area contributed by atoms with E-state index in [1.807, 2.05) is 0 Å². The van der Waals surface area contributed by atoms with Crippen molar-refractivity contribution in [2.24, 2.45) is 5.41 Å². The van der Waals surface area contributed by atoms with E-state index in [-0.39, 0.29) is 11.3 Å². The van der Waals surface area contributed by atoms with Crippen LogP contribution in [0.1, 0.15) is 37.3 Å². The fraction of sp³-hybridized carbons (Fsp3) is 0.588. The largest absolute Gasteiger partial charge is 0.355 e. The van der Waals surface area contributed by atoms with Gasteiger partial charge in [-0.05, 0) is 44.7 Å². The van der Waals surface area contributed by atoms with Gasteiger partial charge in [0.1, 0.15) is 0 Å². The highest BCUT2D eigenvalue weighted by atomic mass is 16.2. The third-order valence-corrected chi connectivity index (χ3v) is 4.41. The number of aryl methyl sites for hydroxylation is 1. The first-order chi connectivity index (χ1) is 9.66. The highest BCUT2D eigenvalue weighted by Crippen LogP contribution is 2.30. The van der Waals surface area contributed by atoms with Crippen molar-refractivity contribution < 1.29 is 4.79 Å². The van der Waals surface area contributed by atoms with E-state index in [0.29, 0.717) is 0 Å². The summed E-state index contributed by atoms with van der Waals surface area (Å²) in [6, 6.07) is 8.48. The molecule has 1 aromatic carbocycles. The average molecular weight is 274 g/mol. The van der Waals surface area contributed by atoms with Gasteiger partial charge in [-0.2, -0.15) is 0 Å². The van der Waals surface area contributed by atoms with Gasteiger partial charge in [-0.3, -0.25) is 4.79 Å². The molecule has 1 unspecified atom stereocenters. The van der Waals surface area contributed by atoms with E-state index in [1.165, 1.54) is 11.1 Å². The van der Waals surface area contributed by atoms with Gasteiger partial charge in [0.15, 0.2) is 0 Å². The van der Waals surface area contributed by atoms with Gasteiger partial charge in [0.2, 0.25) is 5.91 Å². The van der Waals surface area contributed by atoms with Crippen LogP contribution in [0.4, 0.5) is 0 Å². The predicted molar refractivity (Wildman–Crippen MR) is 82.7 cm³/mol. The number of rotatable bonds is 5. The molecule has 0 aliphatic carbocycles. The summed E-state index contributed by atoms with van der Waals surface area (Å²) in [5.74, 6) is 0.222. The lowest BCUT2D eigenvalue weighted by Gasteiger charge is -2.35. The van der Waals surface area contributed by atoms with Gasteiger partial charge in [0.05, 0.1) is 5.41 Å². The molecule has 0 saturated carbocycles. The summed E-state index contributed by atoms with van der Waals surface area (Å²) < 4.78 is 0. The molecule has 0 spiro atoms. The standard InChI is InChI=1S/C17H26N2O/c1-3-17(9-5-10-18-13-17)16(20)19-11-8-15-7-4-6-14(2)12-15/h4,6-7,12,18H,3,5,8-11,13H2,1-2H3,(H,19,20). The second-order valence-electron chi connectivity index (χ2n) is 5.91. The molecule has 3 heteroatoms. The van der Waals surface area contributed by atoms with Crippen molar-refractivity contribution in [3.8, 4) is 0 Å². The topological polar surface area (TPSA) is 41.1 Å². The molecule has 1 aromatic rings. The maximum absolute atomic E-state index is 12.5. The van der Waals surface area contributed by atoms with Crippen LogP contribution in [0.25, 0.3) is 0 Å². The first-order valence-electron chi connectivity index (χ1n) is 7.71. The zero-order valence-electron chi connectivity index (χ0n) is 12.7. The molecule has 0 bridgehead atoms. The second kappa shape index (κ2) is 6.89. The van der Waals surface area contributed by atoms with Crippen molar-refractivity contribution >= 4 is 5.91 Å². The quantitative estimate of drug-likeness (QED) is 0.866. The van der Waals surface area contributed by atoms with Gasteiger partial charge in [-0.1, -0.05) is 36.8 Å². The minimum Gasteiger partial charge on any atom is -0.355 e. The molecule has 1 aliphatic heterocycles.